The van der Waals surface area contributed by atoms with E-state index in [-0.39, 0.29) is 11.8 Å². The Bertz CT molecular complexity index is 990. The van der Waals surface area contributed by atoms with E-state index < -0.39 is 9.84 Å². The first-order chi connectivity index (χ1) is 13.0. The van der Waals surface area contributed by atoms with Crippen LogP contribution in [0.4, 0.5) is 10.5 Å². The Hall–Kier alpha value is -3.19. The zero-order chi connectivity index (χ0) is 19.1. The maximum atomic E-state index is 12.4. The van der Waals surface area contributed by atoms with Crippen LogP contribution in [0.5, 0.6) is 0 Å². The molecule has 3 aromatic rings. The van der Waals surface area contributed by atoms with E-state index in [4.69, 9.17) is 0 Å². The second kappa shape index (κ2) is 8.46. The molecule has 0 radical (unpaired) electrons. The molecule has 0 fully saturated rings. The number of carbonyl (C=O) groups is 1. The van der Waals surface area contributed by atoms with Gasteiger partial charge in [-0.25, -0.2) is 13.2 Å². The van der Waals surface area contributed by atoms with Gasteiger partial charge in [0.25, 0.3) is 0 Å². The lowest BCUT2D eigenvalue weighted by Crippen LogP contribution is -2.28. The lowest BCUT2D eigenvalue weighted by Gasteiger charge is -2.09. The number of carbonyl (C=O) groups excluding carboxylic acids is 1. The molecule has 0 bridgehead atoms. The van der Waals surface area contributed by atoms with Gasteiger partial charge in [0.15, 0.2) is 9.84 Å². The van der Waals surface area contributed by atoms with Gasteiger partial charge in [-0.05, 0) is 47.5 Å². The largest absolute Gasteiger partial charge is 0.334 e. The highest BCUT2D eigenvalue weighted by Gasteiger charge is 2.14. The molecule has 0 spiro atoms. The average molecular weight is 381 g/mol. The zero-order valence-corrected chi connectivity index (χ0v) is 15.3. The Morgan fingerprint density at radius 1 is 0.852 bits per heavy atom. The number of hydrogen-bond donors (Lipinski definition) is 2. The van der Waals surface area contributed by atoms with E-state index in [0.29, 0.717) is 22.7 Å². The molecule has 2 amide bonds. The smallest absolute Gasteiger partial charge is 0.319 e. The maximum absolute atomic E-state index is 12.4. The first-order valence-corrected chi connectivity index (χ1v) is 9.99. The van der Waals surface area contributed by atoms with Gasteiger partial charge in [-0.15, -0.1) is 0 Å². The minimum atomic E-state index is -3.39. The Labute approximate surface area is 158 Å². The van der Waals surface area contributed by atoms with Crippen molar-refractivity contribution in [3.63, 3.8) is 0 Å². The van der Waals surface area contributed by atoms with Gasteiger partial charge in [0.1, 0.15) is 0 Å². The molecule has 2 aromatic carbocycles. The number of urea groups is 1. The number of sulfone groups is 1. The second-order valence-corrected chi connectivity index (χ2v) is 7.92. The van der Waals surface area contributed by atoms with Crippen LogP contribution in [0, 0.1) is 0 Å². The fourth-order valence-electron chi connectivity index (χ4n) is 2.47. The van der Waals surface area contributed by atoms with Crippen molar-refractivity contribution in [3.05, 3.63) is 90.3 Å². The predicted octanol–water partition coefficient (Wildman–Crippen LogP) is 3.38. The van der Waals surface area contributed by atoms with Crippen LogP contribution < -0.4 is 10.6 Å². The molecule has 0 saturated carbocycles. The van der Waals surface area contributed by atoms with Crippen LogP contribution >= 0.6 is 0 Å². The van der Waals surface area contributed by atoms with Crippen molar-refractivity contribution in [2.24, 2.45) is 0 Å². The van der Waals surface area contributed by atoms with Crippen molar-refractivity contribution in [1.29, 1.82) is 0 Å². The molecule has 7 heteroatoms. The van der Waals surface area contributed by atoms with Crippen molar-refractivity contribution in [2.45, 2.75) is 17.2 Å². The molecule has 3 rings (SSSR count). The van der Waals surface area contributed by atoms with Crippen LogP contribution in [0.3, 0.4) is 0 Å². The Morgan fingerprint density at radius 3 is 2.19 bits per heavy atom. The molecule has 6 nitrogen and oxygen atoms in total. The molecule has 0 aliphatic heterocycles. The van der Waals surface area contributed by atoms with Gasteiger partial charge >= 0.3 is 6.03 Å². The molecule has 0 saturated heterocycles. The minimum absolute atomic E-state index is 0.0917. The molecule has 138 valence electrons. The van der Waals surface area contributed by atoms with E-state index in [1.54, 1.807) is 67.0 Å². The summed E-state index contributed by atoms with van der Waals surface area (Å²) in [4.78, 5) is 16.2. The fraction of sp³-hybridized carbons (Fsp3) is 0.100. The van der Waals surface area contributed by atoms with E-state index in [0.717, 1.165) is 5.56 Å². The summed E-state index contributed by atoms with van der Waals surface area (Å²) in [5, 5.41) is 5.47. The summed E-state index contributed by atoms with van der Waals surface area (Å²) in [5.41, 5.74) is 2.19. The summed E-state index contributed by atoms with van der Waals surface area (Å²) in [6.45, 7) is 0.391. The molecule has 0 unspecified atom stereocenters. The van der Waals surface area contributed by atoms with Crippen LogP contribution in [0.25, 0.3) is 0 Å². The van der Waals surface area contributed by atoms with Gasteiger partial charge in [-0.1, -0.05) is 30.3 Å². The molecule has 0 atom stereocenters. The SMILES string of the molecule is O=C(NCc1ccncc1)Nc1ccc(CS(=O)(=O)c2ccccc2)cc1. The van der Waals surface area contributed by atoms with E-state index in [2.05, 4.69) is 15.6 Å². The summed E-state index contributed by atoms with van der Waals surface area (Å²) in [6, 6.07) is 18.4. The summed E-state index contributed by atoms with van der Waals surface area (Å²) < 4.78 is 24.8. The summed E-state index contributed by atoms with van der Waals surface area (Å²) in [6.07, 6.45) is 3.33. The third-order valence-electron chi connectivity index (χ3n) is 3.87. The van der Waals surface area contributed by atoms with E-state index in [9.17, 15) is 13.2 Å². The molecule has 2 N–H and O–H groups in total. The van der Waals surface area contributed by atoms with Crippen molar-refractivity contribution in [2.75, 3.05) is 5.32 Å². The number of aromatic nitrogens is 1. The monoisotopic (exact) mass is 381 g/mol. The van der Waals surface area contributed by atoms with E-state index >= 15 is 0 Å². The number of nitrogens with one attached hydrogen (secondary N) is 2. The van der Waals surface area contributed by atoms with Crippen molar-refractivity contribution >= 4 is 21.6 Å². The number of anilines is 1. The standard InChI is InChI=1S/C20H19N3O3S/c24-20(22-14-16-10-12-21-13-11-16)23-18-8-6-17(7-9-18)15-27(25,26)19-4-2-1-3-5-19/h1-13H,14-15H2,(H2,22,23,24). The van der Waals surface area contributed by atoms with Crippen LogP contribution in [0.1, 0.15) is 11.1 Å². The van der Waals surface area contributed by atoms with Crippen molar-refractivity contribution < 1.29 is 13.2 Å². The Balaban J connectivity index is 1.56. The zero-order valence-electron chi connectivity index (χ0n) is 14.5. The first-order valence-electron chi connectivity index (χ1n) is 8.33. The van der Waals surface area contributed by atoms with Gasteiger partial charge in [0.2, 0.25) is 0 Å². The van der Waals surface area contributed by atoms with Gasteiger partial charge < -0.3 is 10.6 Å². The summed E-state index contributed by atoms with van der Waals surface area (Å²) >= 11 is 0. The normalized spacial score (nSPS) is 11.0. The highest BCUT2D eigenvalue weighted by molar-refractivity contribution is 7.90. The van der Waals surface area contributed by atoms with Crippen LogP contribution in [0.2, 0.25) is 0 Å². The minimum Gasteiger partial charge on any atom is -0.334 e. The van der Waals surface area contributed by atoms with Crippen molar-refractivity contribution in [3.8, 4) is 0 Å². The van der Waals surface area contributed by atoms with Gasteiger partial charge in [-0.3, -0.25) is 4.98 Å². The Morgan fingerprint density at radius 2 is 1.52 bits per heavy atom. The summed E-state index contributed by atoms with van der Waals surface area (Å²) in [7, 11) is -3.39. The number of rotatable bonds is 6. The van der Waals surface area contributed by atoms with E-state index in [1.165, 1.54) is 0 Å². The third kappa shape index (κ3) is 5.39. The van der Waals surface area contributed by atoms with Crippen LogP contribution in [-0.2, 0) is 22.1 Å². The maximum Gasteiger partial charge on any atom is 0.319 e. The van der Waals surface area contributed by atoms with Gasteiger partial charge in [0, 0.05) is 24.6 Å². The van der Waals surface area contributed by atoms with Gasteiger partial charge in [0.05, 0.1) is 10.6 Å². The fourth-order valence-corrected chi connectivity index (χ4v) is 3.84. The van der Waals surface area contributed by atoms with Crippen LogP contribution in [0.15, 0.2) is 84.0 Å². The number of benzene rings is 2. The highest BCUT2D eigenvalue weighted by Crippen LogP contribution is 2.17. The summed E-state index contributed by atoms with van der Waals surface area (Å²) in [5.74, 6) is -0.0917. The molecular formula is C20H19N3O3S. The molecule has 0 aliphatic rings. The number of pyridine rings is 1. The first kappa shape index (κ1) is 18.6. The number of nitrogens with zero attached hydrogens (tertiary/aromatic N) is 1. The topological polar surface area (TPSA) is 88.2 Å². The van der Waals surface area contributed by atoms with Crippen molar-refractivity contribution in [1.82, 2.24) is 10.3 Å². The third-order valence-corrected chi connectivity index (χ3v) is 5.58. The number of amides is 2. The molecule has 1 heterocycles. The molecule has 0 aliphatic carbocycles. The Kier molecular flexibility index (Phi) is 5.83. The lowest BCUT2D eigenvalue weighted by molar-refractivity contribution is 0.251. The number of hydrogen-bond acceptors (Lipinski definition) is 4. The predicted molar refractivity (Wildman–Crippen MR) is 104 cm³/mol. The molecule has 1 aromatic heterocycles. The van der Waals surface area contributed by atoms with Gasteiger partial charge in [-0.2, -0.15) is 0 Å². The quantitative estimate of drug-likeness (QED) is 0.685. The molecular weight excluding hydrogens is 362 g/mol. The second-order valence-electron chi connectivity index (χ2n) is 5.93. The van der Waals surface area contributed by atoms with Crippen LogP contribution in [-0.4, -0.2) is 19.4 Å². The molecule has 27 heavy (non-hydrogen) atoms. The lowest BCUT2D eigenvalue weighted by atomic mass is 10.2. The average Bonchev–Trinajstić information content (AvgIpc) is 2.69. The van der Waals surface area contributed by atoms with E-state index in [1.807, 2.05) is 12.1 Å². The highest BCUT2D eigenvalue weighted by atomic mass is 32.2.